The van der Waals surface area contributed by atoms with Crippen LogP contribution in [-0.2, 0) is 6.54 Å². The van der Waals surface area contributed by atoms with Crippen LogP contribution in [0.3, 0.4) is 0 Å². The Bertz CT molecular complexity index is 919. The van der Waals surface area contributed by atoms with Crippen LogP contribution in [0.2, 0.25) is 0 Å². The Hall–Kier alpha value is -1.25. The van der Waals surface area contributed by atoms with E-state index < -0.39 is 0 Å². The average molecular weight is 411 g/mol. The summed E-state index contributed by atoms with van der Waals surface area (Å²) in [5, 5.41) is 1.27. The van der Waals surface area contributed by atoms with Crippen molar-refractivity contribution in [3.05, 3.63) is 38.9 Å². The number of rotatable bonds is 4. The molecule has 2 heterocycles. The maximum Gasteiger partial charge on any atom is 0.262 e. The highest BCUT2D eigenvalue weighted by molar-refractivity contribution is 9.10. The van der Waals surface area contributed by atoms with Gasteiger partial charge in [0.15, 0.2) is 9.50 Å². The molecule has 23 heavy (non-hydrogen) atoms. The number of hydrogen-bond donors (Lipinski definition) is 0. The topological polar surface area (TPSA) is 60.7 Å². The molecule has 0 fully saturated rings. The second kappa shape index (κ2) is 6.70. The maximum absolute atomic E-state index is 12.7. The fourth-order valence-electron chi connectivity index (χ4n) is 2.10. The molecule has 0 atom stereocenters. The van der Waals surface area contributed by atoms with Gasteiger partial charge in [0.25, 0.3) is 5.56 Å². The Morgan fingerprint density at radius 1 is 1.35 bits per heavy atom. The first kappa shape index (κ1) is 16.6. The van der Waals surface area contributed by atoms with Crippen LogP contribution in [0.1, 0.15) is 32.5 Å². The van der Waals surface area contributed by atoms with E-state index >= 15 is 0 Å². The van der Waals surface area contributed by atoms with Gasteiger partial charge in [0.05, 0.1) is 10.9 Å². The van der Waals surface area contributed by atoms with Crippen molar-refractivity contribution in [2.75, 3.05) is 0 Å². The minimum absolute atomic E-state index is 0.0325. The Balaban J connectivity index is 2.09. The number of fused-ring (bicyclic) bond motifs is 1. The standard InChI is InChI=1S/C15H15BrN4OS2/c1-4-20-13(21)10-7-9(16)5-6-11(10)17-14(20)22-15-18-12(8(2)3)19-23-15/h5-8H,4H2,1-3H3. The molecule has 0 spiro atoms. The largest absolute Gasteiger partial charge is 0.287 e. The van der Waals surface area contributed by atoms with Gasteiger partial charge in [0.2, 0.25) is 0 Å². The summed E-state index contributed by atoms with van der Waals surface area (Å²) in [6.45, 7) is 6.62. The Kier molecular flexibility index (Phi) is 4.84. The monoisotopic (exact) mass is 410 g/mol. The van der Waals surface area contributed by atoms with Gasteiger partial charge in [-0.3, -0.25) is 9.36 Å². The van der Waals surface area contributed by atoms with Crippen molar-refractivity contribution in [3.63, 3.8) is 0 Å². The predicted octanol–water partition coefficient (Wildman–Crippen LogP) is 4.31. The van der Waals surface area contributed by atoms with Crippen molar-refractivity contribution >= 4 is 50.1 Å². The first-order chi connectivity index (χ1) is 11.0. The van der Waals surface area contributed by atoms with Gasteiger partial charge < -0.3 is 0 Å². The molecule has 0 aliphatic carbocycles. The molecule has 8 heteroatoms. The van der Waals surface area contributed by atoms with E-state index in [0.717, 1.165) is 14.6 Å². The van der Waals surface area contributed by atoms with Gasteiger partial charge in [-0.2, -0.15) is 4.37 Å². The number of benzene rings is 1. The number of nitrogens with zero attached hydrogens (tertiary/aromatic N) is 4. The van der Waals surface area contributed by atoms with Gasteiger partial charge in [-0.05, 0) is 48.4 Å². The van der Waals surface area contributed by atoms with E-state index in [2.05, 4.69) is 44.1 Å². The van der Waals surface area contributed by atoms with E-state index in [1.807, 2.05) is 25.1 Å². The van der Waals surface area contributed by atoms with Crippen molar-refractivity contribution in [1.29, 1.82) is 0 Å². The van der Waals surface area contributed by atoms with Crippen molar-refractivity contribution in [1.82, 2.24) is 18.9 Å². The lowest BCUT2D eigenvalue weighted by atomic mass is 10.2. The summed E-state index contributed by atoms with van der Waals surface area (Å²) in [6, 6.07) is 5.55. The van der Waals surface area contributed by atoms with E-state index in [1.165, 1.54) is 23.3 Å². The summed E-state index contributed by atoms with van der Waals surface area (Å²) in [7, 11) is 0. The van der Waals surface area contributed by atoms with Gasteiger partial charge in [-0.25, -0.2) is 9.97 Å². The van der Waals surface area contributed by atoms with Crippen LogP contribution in [0.15, 0.2) is 37.0 Å². The Morgan fingerprint density at radius 2 is 2.13 bits per heavy atom. The van der Waals surface area contributed by atoms with E-state index in [4.69, 9.17) is 0 Å². The van der Waals surface area contributed by atoms with Crippen LogP contribution in [-0.4, -0.2) is 18.9 Å². The molecule has 0 saturated carbocycles. The highest BCUT2D eigenvalue weighted by atomic mass is 79.9. The predicted molar refractivity (Wildman–Crippen MR) is 97.5 cm³/mol. The second-order valence-corrected chi connectivity index (χ2v) is 8.16. The second-order valence-electron chi connectivity index (χ2n) is 5.28. The first-order valence-corrected chi connectivity index (χ1v) is 9.59. The summed E-state index contributed by atoms with van der Waals surface area (Å²) in [5.74, 6) is 1.11. The normalized spacial score (nSPS) is 11.5. The SMILES string of the molecule is CCn1c(Sc2nc(C(C)C)ns2)nc2ccc(Br)cc2c1=O. The first-order valence-electron chi connectivity index (χ1n) is 7.21. The van der Waals surface area contributed by atoms with Crippen LogP contribution in [0.25, 0.3) is 10.9 Å². The van der Waals surface area contributed by atoms with E-state index in [1.54, 1.807) is 4.57 Å². The third-order valence-electron chi connectivity index (χ3n) is 3.32. The molecule has 3 aromatic rings. The lowest BCUT2D eigenvalue weighted by molar-refractivity contribution is 0.634. The van der Waals surface area contributed by atoms with E-state index in [-0.39, 0.29) is 11.5 Å². The van der Waals surface area contributed by atoms with Crippen molar-refractivity contribution < 1.29 is 0 Å². The number of hydrogen-bond acceptors (Lipinski definition) is 6. The third-order valence-corrected chi connectivity index (χ3v) is 5.57. The maximum atomic E-state index is 12.7. The molecule has 0 unspecified atom stereocenters. The van der Waals surface area contributed by atoms with Crippen LogP contribution in [0.4, 0.5) is 0 Å². The quantitative estimate of drug-likeness (QED) is 0.599. The number of halogens is 1. The third kappa shape index (κ3) is 3.34. The molecule has 5 nitrogen and oxygen atoms in total. The molecule has 3 rings (SSSR count). The van der Waals surface area contributed by atoms with Crippen molar-refractivity contribution in [2.45, 2.75) is 42.7 Å². The van der Waals surface area contributed by atoms with Gasteiger partial charge in [-0.15, -0.1) is 0 Å². The average Bonchev–Trinajstić information content (AvgIpc) is 2.97. The van der Waals surface area contributed by atoms with Gasteiger partial charge >= 0.3 is 0 Å². The molecule has 1 aromatic carbocycles. The van der Waals surface area contributed by atoms with Gasteiger partial charge in [0.1, 0.15) is 5.82 Å². The summed E-state index contributed by atoms with van der Waals surface area (Å²) < 4.78 is 7.71. The fraction of sp³-hybridized carbons (Fsp3) is 0.333. The molecule has 0 aliphatic heterocycles. The fourth-order valence-corrected chi connectivity index (χ4v) is 4.27. The molecule has 0 amide bonds. The van der Waals surface area contributed by atoms with E-state index in [9.17, 15) is 4.79 Å². The summed E-state index contributed by atoms with van der Waals surface area (Å²) in [4.78, 5) is 21.8. The van der Waals surface area contributed by atoms with E-state index in [0.29, 0.717) is 22.6 Å². The van der Waals surface area contributed by atoms with Crippen LogP contribution >= 0.6 is 39.2 Å². The summed E-state index contributed by atoms with van der Waals surface area (Å²) >= 11 is 6.14. The summed E-state index contributed by atoms with van der Waals surface area (Å²) in [5.41, 5.74) is 0.661. The highest BCUT2D eigenvalue weighted by Crippen LogP contribution is 2.29. The van der Waals surface area contributed by atoms with Crippen LogP contribution in [0, 0.1) is 0 Å². The summed E-state index contributed by atoms with van der Waals surface area (Å²) in [6.07, 6.45) is 0. The van der Waals surface area contributed by atoms with Crippen molar-refractivity contribution in [3.8, 4) is 0 Å². The number of aromatic nitrogens is 4. The lowest BCUT2D eigenvalue weighted by Gasteiger charge is -2.10. The zero-order valence-electron chi connectivity index (χ0n) is 12.9. The molecular weight excluding hydrogens is 396 g/mol. The van der Waals surface area contributed by atoms with Crippen LogP contribution < -0.4 is 5.56 Å². The Labute approximate surface area is 150 Å². The minimum Gasteiger partial charge on any atom is -0.287 e. The molecule has 120 valence electrons. The Morgan fingerprint density at radius 3 is 2.78 bits per heavy atom. The van der Waals surface area contributed by atoms with Crippen LogP contribution in [0.5, 0.6) is 0 Å². The minimum atomic E-state index is -0.0325. The highest BCUT2D eigenvalue weighted by Gasteiger charge is 2.15. The molecule has 0 aliphatic rings. The molecule has 2 aromatic heterocycles. The van der Waals surface area contributed by atoms with Gasteiger partial charge in [-0.1, -0.05) is 29.8 Å². The molecule has 0 saturated heterocycles. The zero-order valence-corrected chi connectivity index (χ0v) is 16.1. The molecule has 0 N–H and O–H groups in total. The van der Waals surface area contributed by atoms with Gasteiger partial charge in [0, 0.05) is 16.9 Å². The smallest absolute Gasteiger partial charge is 0.262 e. The molecular formula is C15H15BrN4OS2. The zero-order chi connectivity index (χ0) is 16.6. The molecule has 0 radical (unpaired) electrons. The lowest BCUT2D eigenvalue weighted by Crippen LogP contribution is -2.22. The van der Waals surface area contributed by atoms with Crippen molar-refractivity contribution in [2.24, 2.45) is 0 Å². The molecule has 0 bridgehead atoms.